The maximum absolute atomic E-state index is 5.72. The van der Waals surface area contributed by atoms with Gasteiger partial charge in [-0.2, -0.15) is 4.98 Å². The molecule has 1 fully saturated rings. The molecule has 4 nitrogen and oxygen atoms in total. The second kappa shape index (κ2) is 5.25. The van der Waals surface area contributed by atoms with E-state index in [4.69, 9.17) is 10.5 Å². The zero-order valence-electron chi connectivity index (χ0n) is 10.6. The maximum atomic E-state index is 5.72. The van der Waals surface area contributed by atoms with E-state index in [9.17, 15) is 0 Å². The number of rotatable bonds is 4. The summed E-state index contributed by atoms with van der Waals surface area (Å²) in [5.41, 5.74) is 6.30. The van der Waals surface area contributed by atoms with Crippen LogP contribution in [0.25, 0.3) is 0 Å². The molecule has 2 atom stereocenters. The minimum Gasteiger partial charge on any atom is -0.479 e. The van der Waals surface area contributed by atoms with Crippen LogP contribution in [0, 0.1) is 11.8 Å². The molecule has 1 saturated carbocycles. The van der Waals surface area contributed by atoms with Crippen molar-refractivity contribution in [1.29, 1.82) is 0 Å². The number of ether oxygens (including phenoxy) is 1. The number of methoxy groups -OCH3 is 1. The normalized spacial score (nSPS) is 23.6. The van der Waals surface area contributed by atoms with E-state index in [-0.39, 0.29) is 0 Å². The second-order valence-electron chi connectivity index (χ2n) is 4.96. The van der Waals surface area contributed by atoms with E-state index in [0.717, 1.165) is 24.2 Å². The van der Waals surface area contributed by atoms with Crippen LogP contribution in [0.4, 0.5) is 11.5 Å². The fourth-order valence-electron chi connectivity index (χ4n) is 2.47. The molecule has 3 N–H and O–H groups in total. The van der Waals surface area contributed by atoms with Crippen molar-refractivity contribution < 1.29 is 4.74 Å². The molecule has 0 aromatic carbocycles. The molecule has 0 saturated heterocycles. The zero-order chi connectivity index (χ0) is 12.3. The molecule has 4 heteroatoms. The molecule has 2 rings (SSSR count). The first-order valence-electron chi connectivity index (χ1n) is 6.23. The lowest BCUT2D eigenvalue weighted by atomic mass is 10.1. The van der Waals surface area contributed by atoms with E-state index in [1.165, 1.54) is 19.3 Å². The number of hydrogen-bond acceptors (Lipinski definition) is 4. The lowest BCUT2D eigenvalue weighted by Gasteiger charge is -2.12. The SMILES string of the molecule is COc1nc(NCC2CCC(C)C2)ccc1N. The number of nitrogens with two attached hydrogens (primary N) is 1. The maximum Gasteiger partial charge on any atom is 0.238 e. The van der Waals surface area contributed by atoms with Crippen LogP contribution in [0.5, 0.6) is 5.88 Å². The van der Waals surface area contributed by atoms with E-state index >= 15 is 0 Å². The number of nitrogens with zero attached hydrogens (tertiary/aromatic N) is 1. The molecule has 17 heavy (non-hydrogen) atoms. The standard InChI is InChI=1S/C13H21N3O/c1-9-3-4-10(7-9)8-15-12-6-5-11(14)13(16-12)17-2/h5-6,9-10H,3-4,7-8,14H2,1-2H3,(H,15,16). The molecule has 0 amide bonds. The molecule has 0 bridgehead atoms. The highest BCUT2D eigenvalue weighted by Gasteiger charge is 2.20. The van der Waals surface area contributed by atoms with Crippen molar-refractivity contribution in [2.24, 2.45) is 11.8 Å². The predicted molar refractivity (Wildman–Crippen MR) is 70.2 cm³/mol. The quantitative estimate of drug-likeness (QED) is 0.842. The van der Waals surface area contributed by atoms with Gasteiger partial charge in [0.25, 0.3) is 0 Å². The van der Waals surface area contributed by atoms with Crippen molar-refractivity contribution in [3.63, 3.8) is 0 Å². The summed E-state index contributed by atoms with van der Waals surface area (Å²) < 4.78 is 5.10. The molecular formula is C13H21N3O. The summed E-state index contributed by atoms with van der Waals surface area (Å²) in [5.74, 6) is 2.98. The summed E-state index contributed by atoms with van der Waals surface area (Å²) in [7, 11) is 1.58. The lowest BCUT2D eigenvalue weighted by Crippen LogP contribution is -2.12. The highest BCUT2D eigenvalue weighted by molar-refractivity contribution is 5.53. The molecule has 1 heterocycles. The zero-order valence-corrected chi connectivity index (χ0v) is 10.6. The Bertz CT molecular complexity index is 381. The van der Waals surface area contributed by atoms with Gasteiger partial charge in [0.05, 0.1) is 12.8 Å². The van der Waals surface area contributed by atoms with Gasteiger partial charge in [-0.15, -0.1) is 0 Å². The number of pyridine rings is 1. The third-order valence-corrected chi connectivity index (χ3v) is 3.46. The van der Waals surface area contributed by atoms with Crippen molar-refractivity contribution in [2.45, 2.75) is 26.2 Å². The predicted octanol–water partition coefficient (Wildman–Crippen LogP) is 2.52. The van der Waals surface area contributed by atoms with Gasteiger partial charge in [-0.05, 0) is 36.8 Å². The number of nitrogen functional groups attached to an aromatic ring is 1. The minimum absolute atomic E-state index is 0.495. The lowest BCUT2D eigenvalue weighted by molar-refractivity contribution is 0.400. The Labute approximate surface area is 103 Å². The van der Waals surface area contributed by atoms with Crippen LogP contribution in [0.2, 0.25) is 0 Å². The van der Waals surface area contributed by atoms with Crippen LogP contribution >= 0.6 is 0 Å². The Morgan fingerprint density at radius 1 is 1.47 bits per heavy atom. The smallest absolute Gasteiger partial charge is 0.238 e. The fraction of sp³-hybridized carbons (Fsp3) is 0.615. The summed E-state index contributed by atoms with van der Waals surface area (Å²) in [6.07, 6.45) is 3.99. The van der Waals surface area contributed by atoms with E-state index in [2.05, 4.69) is 17.2 Å². The first-order valence-corrected chi connectivity index (χ1v) is 6.23. The summed E-state index contributed by atoms with van der Waals surface area (Å²) >= 11 is 0. The molecule has 0 spiro atoms. The highest BCUT2D eigenvalue weighted by Crippen LogP contribution is 2.30. The molecule has 2 unspecified atom stereocenters. The van der Waals surface area contributed by atoms with E-state index in [0.29, 0.717) is 11.6 Å². The van der Waals surface area contributed by atoms with Crippen molar-refractivity contribution in [1.82, 2.24) is 4.98 Å². The Hall–Kier alpha value is -1.45. The molecular weight excluding hydrogens is 214 g/mol. The first-order chi connectivity index (χ1) is 8.19. The van der Waals surface area contributed by atoms with Gasteiger partial charge >= 0.3 is 0 Å². The van der Waals surface area contributed by atoms with E-state index in [1.807, 2.05) is 12.1 Å². The van der Waals surface area contributed by atoms with Gasteiger partial charge in [0.2, 0.25) is 5.88 Å². The van der Waals surface area contributed by atoms with Crippen LogP contribution in [-0.4, -0.2) is 18.6 Å². The van der Waals surface area contributed by atoms with Crippen LogP contribution in [-0.2, 0) is 0 Å². The summed E-state index contributed by atoms with van der Waals surface area (Å²) in [4.78, 5) is 4.31. The molecule has 0 aliphatic heterocycles. The number of hydrogen-bond donors (Lipinski definition) is 2. The van der Waals surface area contributed by atoms with Gasteiger partial charge in [-0.1, -0.05) is 13.3 Å². The van der Waals surface area contributed by atoms with Gasteiger partial charge in [0, 0.05) is 6.54 Å². The average molecular weight is 235 g/mol. The molecule has 1 aromatic rings. The third-order valence-electron chi connectivity index (χ3n) is 3.46. The Morgan fingerprint density at radius 2 is 2.29 bits per heavy atom. The van der Waals surface area contributed by atoms with Crippen molar-refractivity contribution >= 4 is 11.5 Å². The van der Waals surface area contributed by atoms with Crippen LogP contribution in [0.1, 0.15) is 26.2 Å². The topological polar surface area (TPSA) is 60.2 Å². The van der Waals surface area contributed by atoms with Crippen molar-refractivity contribution in [3.8, 4) is 5.88 Å². The largest absolute Gasteiger partial charge is 0.479 e. The minimum atomic E-state index is 0.495. The van der Waals surface area contributed by atoms with Crippen LogP contribution in [0.15, 0.2) is 12.1 Å². The van der Waals surface area contributed by atoms with E-state index < -0.39 is 0 Å². The number of anilines is 2. The van der Waals surface area contributed by atoms with Crippen LogP contribution < -0.4 is 15.8 Å². The van der Waals surface area contributed by atoms with Crippen molar-refractivity contribution in [2.75, 3.05) is 24.7 Å². The van der Waals surface area contributed by atoms with Crippen molar-refractivity contribution in [3.05, 3.63) is 12.1 Å². The van der Waals surface area contributed by atoms with Gasteiger partial charge < -0.3 is 15.8 Å². The number of aromatic nitrogens is 1. The fourth-order valence-corrected chi connectivity index (χ4v) is 2.47. The van der Waals surface area contributed by atoms with E-state index in [1.54, 1.807) is 7.11 Å². The second-order valence-corrected chi connectivity index (χ2v) is 4.96. The summed E-state index contributed by atoms with van der Waals surface area (Å²) in [6, 6.07) is 3.72. The third kappa shape index (κ3) is 3.02. The first kappa shape index (κ1) is 12.0. The summed E-state index contributed by atoms with van der Waals surface area (Å²) in [5, 5.41) is 3.36. The van der Waals surface area contributed by atoms with Crippen LogP contribution in [0.3, 0.4) is 0 Å². The van der Waals surface area contributed by atoms with Gasteiger partial charge in [0.15, 0.2) is 0 Å². The molecule has 0 radical (unpaired) electrons. The van der Waals surface area contributed by atoms with Gasteiger partial charge in [-0.3, -0.25) is 0 Å². The Kier molecular flexibility index (Phi) is 3.71. The van der Waals surface area contributed by atoms with Gasteiger partial charge in [0.1, 0.15) is 5.82 Å². The monoisotopic (exact) mass is 235 g/mol. The van der Waals surface area contributed by atoms with Gasteiger partial charge in [-0.25, -0.2) is 0 Å². The highest BCUT2D eigenvalue weighted by atomic mass is 16.5. The molecule has 94 valence electrons. The molecule has 1 aromatic heterocycles. The average Bonchev–Trinajstić information content (AvgIpc) is 2.74. The molecule has 1 aliphatic carbocycles. The Morgan fingerprint density at radius 3 is 2.94 bits per heavy atom. The molecule has 1 aliphatic rings. The number of nitrogens with one attached hydrogen (secondary N) is 1. The summed E-state index contributed by atoms with van der Waals surface area (Å²) in [6.45, 7) is 3.31. The Balaban J connectivity index is 1.90.